The molecule has 0 bridgehead atoms. The molecular formula is C20H25FN8. The lowest BCUT2D eigenvalue weighted by atomic mass is 10.2. The maximum absolute atomic E-state index is 13.9. The molecule has 3 N–H and O–H groups in total. The van der Waals surface area contributed by atoms with Crippen LogP contribution in [-0.2, 0) is 0 Å². The summed E-state index contributed by atoms with van der Waals surface area (Å²) in [6.45, 7) is 5.56. The van der Waals surface area contributed by atoms with Crippen LogP contribution in [0.2, 0.25) is 0 Å². The number of benzene rings is 1. The monoisotopic (exact) mass is 396 g/mol. The van der Waals surface area contributed by atoms with Crippen molar-refractivity contribution in [2.45, 2.75) is 13.1 Å². The number of anilines is 2. The summed E-state index contributed by atoms with van der Waals surface area (Å²) in [5.41, 5.74) is 7.66. The van der Waals surface area contributed by atoms with Gasteiger partial charge in [0.2, 0.25) is 11.9 Å². The zero-order chi connectivity index (χ0) is 20.2. The van der Waals surface area contributed by atoms with E-state index >= 15 is 0 Å². The third kappa shape index (κ3) is 4.87. The number of hydrazine groups is 1. The highest BCUT2D eigenvalue weighted by Gasteiger charge is 2.19. The van der Waals surface area contributed by atoms with Crippen LogP contribution >= 0.6 is 0 Å². The molecule has 1 unspecified atom stereocenters. The lowest BCUT2D eigenvalue weighted by Gasteiger charge is -2.32. The molecule has 0 aliphatic carbocycles. The van der Waals surface area contributed by atoms with E-state index in [0.29, 0.717) is 23.3 Å². The molecule has 1 atom stereocenters. The standard InChI is InChI=1S/C20H25FN8/c1-14-13-18(27-26-14)23-19-22-17(8-7-15-5-3-4-6-16(15)21)24-20(25-19)29-11-9-28(2)10-12-29/h3-8,13,18,26-27H,9-12H2,1-2H3,(H,22,23,24,25)/b8-7+. The summed E-state index contributed by atoms with van der Waals surface area (Å²) in [5.74, 6) is 1.28. The van der Waals surface area contributed by atoms with Gasteiger partial charge in [-0.2, -0.15) is 15.0 Å². The highest BCUT2D eigenvalue weighted by molar-refractivity contribution is 5.67. The van der Waals surface area contributed by atoms with E-state index in [0.717, 1.165) is 31.9 Å². The molecule has 1 aromatic heterocycles. The Hall–Kier alpha value is -3.04. The highest BCUT2D eigenvalue weighted by Crippen LogP contribution is 2.16. The number of rotatable bonds is 5. The van der Waals surface area contributed by atoms with Crippen LogP contribution in [0.4, 0.5) is 16.3 Å². The number of hydrogen-bond donors (Lipinski definition) is 3. The molecule has 0 amide bonds. The van der Waals surface area contributed by atoms with Crippen molar-refractivity contribution in [2.24, 2.45) is 0 Å². The van der Waals surface area contributed by atoms with Gasteiger partial charge in [-0.25, -0.2) is 9.82 Å². The van der Waals surface area contributed by atoms with Gasteiger partial charge in [-0.3, -0.25) is 0 Å². The largest absolute Gasteiger partial charge is 0.338 e. The highest BCUT2D eigenvalue weighted by atomic mass is 19.1. The summed E-state index contributed by atoms with van der Waals surface area (Å²) < 4.78 is 13.9. The second-order valence-corrected chi connectivity index (χ2v) is 7.20. The average molecular weight is 396 g/mol. The molecule has 2 aromatic rings. The third-order valence-electron chi connectivity index (χ3n) is 4.87. The summed E-state index contributed by atoms with van der Waals surface area (Å²) in [4.78, 5) is 18.1. The summed E-state index contributed by atoms with van der Waals surface area (Å²) in [7, 11) is 2.10. The van der Waals surface area contributed by atoms with E-state index < -0.39 is 0 Å². The first-order valence-corrected chi connectivity index (χ1v) is 9.65. The van der Waals surface area contributed by atoms with Crippen LogP contribution in [0.25, 0.3) is 12.2 Å². The number of hydrogen-bond acceptors (Lipinski definition) is 8. The molecule has 0 radical (unpaired) electrons. The lowest BCUT2D eigenvalue weighted by molar-refractivity contribution is 0.311. The molecule has 0 spiro atoms. The minimum Gasteiger partial charge on any atom is -0.338 e. The van der Waals surface area contributed by atoms with Crippen LogP contribution in [0.5, 0.6) is 0 Å². The number of halogens is 1. The smallest absolute Gasteiger partial charge is 0.230 e. The normalized spacial score (nSPS) is 20.0. The van der Waals surface area contributed by atoms with Crippen molar-refractivity contribution in [1.29, 1.82) is 0 Å². The lowest BCUT2D eigenvalue weighted by Crippen LogP contribution is -2.45. The van der Waals surface area contributed by atoms with Crippen LogP contribution in [-0.4, -0.2) is 59.2 Å². The number of nitrogens with one attached hydrogen (secondary N) is 3. The van der Waals surface area contributed by atoms with Crippen molar-refractivity contribution in [3.8, 4) is 0 Å². The Bertz CT molecular complexity index is 920. The SMILES string of the molecule is CC1=CC(Nc2nc(/C=C/c3ccccc3F)nc(N3CCN(C)CC3)n2)NN1. The van der Waals surface area contributed by atoms with Gasteiger partial charge >= 0.3 is 0 Å². The van der Waals surface area contributed by atoms with Crippen molar-refractivity contribution in [2.75, 3.05) is 43.4 Å². The number of likely N-dealkylation sites (N-methyl/N-ethyl adjacent to an activating group) is 1. The van der Waals surface area contributed by atoms with Gasteiger partial charge in [-0.05, 0) is 38.3 Å². The molecule has 9 heteroatoms. The molecule has 2 aliphatic heterocycles. The molecule has 29 heavy (non-hydrogen) atoms. The van der Waals surface area contributed by atoms with Gasteiger partial charge in [0.25, 0.3) is 0 Å². The Balaban J connectivity index is 1.61. The zero-order valence-electron chi connectivity index (χ0n) is 16.6. The van der Waals surface area contributed by atoms with E-state index in [2.05, 4.69) is 48.0 Å². The van der Waals surface area contributed by atoms with E-state index in [4.69, 9.17) is 0 Å². The van der Waals surface area contributed by atoms with Crippen molar-refractivity contribution in [1.82, 2.24) is 30.7 Å². The Kier molecular flexibility index (Phi) is 5.68. The first kappa shape index (κ1) is 19.3. The first-order valence-electron chi connectivity index (χ1n) is 9.65. The van der Waals surface area contributed by atoms with Gasteiger partial charge < -0.3 is 20.5 Å². The topological polar surface area (TPSA) is 81.2 Å². The van der Waals surface area contributed by atoms with E-state index in [1.54, 1.807) is 30.4 Å². The molecule has 2 aliphatic rings. The van der Waals surface area contributed by atoms with Crippen molar-refractivity contribution in [3.05, 3.63) is 53.2 Å². The average Bonchev–Trinajstić information content (AvgIpc) is 3.12. The fraction of sp³-hybridized carbons (Fsp3) is 0.350. The van der Waals surface area contributed by atoms with Gasteiger partial charge in [0.15, 0.2) is 5.82 Å². The summed E-state index contributed by atoms with van der Waals surface area (Å²) >= 11 is 0. The summed E-state index contributed by atoms with van der Waals surface area (Å²) in [6, 6.07) is 6.62. The molecule has 1 saturated heterocycles. The maximum atomic E-state index is 13.9. The predicted molar refractivity (Wildman–Crippen MR) is 112 cm³/mol. The molecule has 4 rings (SSSR count). The quantitative estimate of drug-likeness (QED) is 0.705. The third-order valence-corrected chi connectivity index (χ3v) is 4.87. The second-order valence-electron chi connectivity index (χ2n) is 7.20. The number of allylic oxidation sites excluding steroid dienone is 1. The predicted octanol–water partition coefficient (Wildman–Crippen LogP) is 1.68. The molecule has 1 aromatic carbocycles. The van der Waals surface area contributed by atoms with E-state index in [-0.39, 0.29) is 12.0 Å². The van der Waals surface area contributed by atoms with Crippen molar-refractivity contribution >= 4 is 24.0 Å². The number of piperazine rings is 1. The minimum absolute atomic E-state index is 0.124. The van der Waals surface area contributed by atoms with Crippen molar-refractivity contribution in [3.63, 3.8) is 0 Å². The van der Waals surface area contributed by atoms with E-state index in [1.165, 1.54) is 6.07 Å². The van der Waals surface area contributed by atoms with Gasteiger partial charge in [-0.15, -0.1) is 0 Å². The van der Waals surface area contributed by atoms with Crippen molar-refractivity contribution < 1.29 is 4.39 Å². The van der Waals surface area contributed by atoms with Crippen LogP contribution in [0, 0.1) is 5.82 Å². The maximum Gasteiger partial charge on any atom is 0.230 e. The fourth-order valence-corrected chi connectivity index (χ4v) is 3.18. The summed E-state index contributed by atoms with van der Waals surface area (Å²) in [5, 5.41) is 3.25. The van der Waals surface area contributed by atoms with E-state index in [1.807, 2.05) is 13.0 Å². The fourth-order valence-electron chi connectivity index (χ4n) is 3.18. The molecule has 8 nitrogen and oxygen atoms in total. The molecule has 152 valence electrons. The molecule has 0 saturated carbocycles. The van der Waals surface area contributed by atoms with Gasteiger partial charge in [-0.1, -0.05) is 18.2 Å². The Morgan fingerprint density at radius 1 is 1.10 bits per heavy atom. The second kappa shape index (κ2) is 8.54. The van der Waals surface area contributed by atoms with Crippen LogP contribution in [0.3, 0.4) is 0 Å². The minimum atomic E-state index is -0.280. The molecular weight excluding hydrogens is 371 g/mol. The van der Waals surface area contributed by atoms with Crippen LogP contribution < -0.4 is 21.1 Å². The van der Waals surface area contributed by atoms with E-state index in [9.17, 15) is 4.39 Å². The summed E-state index contributed by atoms with van der Waals surface area (Å²) in [6.07, 6.45) is 5.28. The number of aromatic nitrogens is 3. The van der Waals surface area contributed by atoms with Crippen LogP contribution in [0.15, 0.2) is 36.0 Å². The van der Waals surface area contributed by atoms with Gasteiger partial charge in [0, 0.05) is 37.4 Å². The van der Waals surface area contributed by atoms with Gasteiger partial charge in [0.05, 0.1) is 0 Å². The molecule has 3 heterocycles. The Morgan fingerprint density at radius 2 is 1.90 bits per heavy atom. The van der Waals surface area contributed by atoms with Gasteiger partial charge in [0.1, 0.15) is 12.0 Å². The molecule has 1 fully saturated rings. The zero-order valence-corrected chi connectivity index (χ0v) is 16.6. The Morgan fingerprint density at radius 3 is 2.62 bits per heavy atom. The Labute approximate surface area is 169 Å². The van der Waals surface area contributed by atoms with Crippen LogP contribution in [0.1, 0.15) is 18.3 Å². The number of nitrogens with zero attached hydrogens (tertiary/aromatic N) is 5. The first-order chi connectivity index (χ1) is 14.1.